The van der Waals surface area contributed by atoms with Crippen molar-refractivity contribution in [3.8, 4) is 5.75 Å². The lowest BCUT2D eigenvalue weighted by Crippen LogP contribution is -2.34. The number of esters is 1. The molecule has 0 saturated heterocycles. The summed E-state index contributed by atoms with van der Waals surface area (Å²) in [4.78, 5) is 25.1. The van der Waals surface area contributed by atoms with Gasteiger partial charge in [-0.2, -0.15) is 0 Å². The highest BCUT2D eigenvalue weighted by Crippen LogP contribution is 2.13. The van der Waals surface area contributed by atoms with Gasteiger partial charge < -0.3 is 19.1 Å². The lowest BCUT2D eigenvalue weighted by atomic mass is 10.2. The number of benzene rings is 1. The third-order valence-corrected chi connectivity index (χ3v) is 3.20. The van der Waals surface area contributed by atoms with Crippen molar-refractivity contribution < 1.29 is 23.8 Å². The number of carbonyl (C=O) groups is 2. The van der Waals surface area contributed by atoms with E-state index in [1.807, 2.05) is 24.3 Å². The van der Waals surface area contributed by atoms with E-state index in [0.717, 1.165) is 11.3 Å². The summed E-state index contributed by atoms with van der Waals surface area (Å²) in [6.45, 7) is 1.10. The van der Waals surface area contributed by atoms with Gasteiger partial charge in [0.1, 0.15) is 5.75 Å². The van der Waals surface area contributed by atoms with Crippen LogP contribution in [0.1, 0.15) is 12.0 Å². The van der Waals surface area contributed by atoms with Crippen molar-refractivity contribution in [1.29, 1.82) is 0 Å². The summed E-state index contributed by atoms with van der Waals surface area (Å²) in [6.07, 6.45) is 3.34. The first-order chi connectivity index (χ1) is 11.1. The van der Waals surface area contributed by atoms with Crippen LogP contribution in [0.15, 0.2) is 30.3 Å². The summed E-state index contributed by atoms with van der Waals surface area (Å²) in [7, 11) is 4.48. The van der Waals surface area contributed by atoms with Crippen molar-refractivity contribution in [3.05, 3.63) is 35.9 Å². The van der Waals surface area contributed by atoms with Gasteiger partial charge in [-0.1, -0.05) is 12.1 Å². The maximum Gasteiger partial charge on any atom is 0.307 e. The van der Waals surface area contributed by atoms with Crippen LogP contribution >= 0.6 is 0 Å². The maximum absolute atomic E-state index is 12.3. The van der Waals surface area contributed by atoms with Crippen molar-refractivity contribution in [1.82, 2.24) is 4.90 Å². The fourth-order valence-electron chi connectivity index (χ4n) is 1.88. The van der Waals surface area contributed by atoms with Crippen LogP contribution in [0.5, 0.6) is 5.75 Å². The van der Waals surface area contributed by atoms with E-state index in [0.29, 0.717) is 13.2 Å². The average Bonchev–Trinajstić information content (AvgIpc) is 2.59. The molecule has 1 aromatic carbocycles. The summed E-state index contributed by atoms with van der Waals surface area (Å²) >= 11 is 0. The summed E-state index contributed by atoms with van der Waals surface area (Å²) < 4.78 is 14.7. The number of methoxy groups -OCH3 is 3. The monoisotopic (exact) mass is 321 g/mol. The Morgan fingerprint density at radius 2 is 1.96 bits per heavy atom. The molecule has 1 aromatic rings. The van der Waals surface area contributed by atoms with Gasteiger partial charge in [-0.15, -0.1) is 0 Å². The molecule has 6 nitrogen and oxygen atoms in total. The Kier molecular flexibility index (Phi) is 8.46. The van der Waals surface area contributed by atoms with Crippen LogP contribution in [0.2, 0.25) is 0 Å². The van der Waals surface area contributed by atoms with Crippen molar-refractivity contribution in [2.75, 3.05) is 41.0 Å². The van der Waals surface area contributed by atoms with Gasteiger partial charge in [-0.05, 0) is 23.8 Å². The fourth-order valence-corrected chi connectivity index (χ4v) is 1.88. The summed E-state index contributed by atoms with van der Waals surface area (Å²) in [5.41, 5.74) is 0.859. The van der Waals surface area contributed by atoms with Crippen LogP contribution in [0.25, 0.3) is 6.08 Å². The molecule has 0 unspecified atom stereocenters. The van der Waals surface area contributed by atoms with Crippen molar-refractivity contribution in [2.24, 2.45) is 0 Å². The Bertz CT molecular complexity index is 542. The van der Waals surface area contributed by atoms with E-state index in [-0.39, 0.29) is 24.8 Å². The molecule has 0 radical (unpaired) electrons. The summed E-state index contributed by atoms with van der Waals surface area (Å²) in [5, 5.41) is 0. The van der Waals surface area contributed by atoms with E-state index >= 15 is 0 Å². The molecule has 126 valence electrons. The SMILES string of the molecule is COCCN(CCC(=O)OC)C(=O)/C=C/c1cccc(OC)c1. The minimum absolute atomic E-state index is 0.152. The van der Waals surface area contributed by atoms with E-state index in [4.69, 9.17) is 9.47 Å². The maximum atomic E-state index is 12.3. The van der Waals surface area contributed by atoms with Gasteiger partial charge in [0.25, 0.3) is 0 Å². The largest absolute Gasteiger partial charge is 0.497 e. The first kappa shape index (κ1) is 18.7. The van der Waals surface area contributed by atoms with Crippen LogP contribution in [-0.2, 0) is 19.1 Å². The Labute approximate surface area is 136 Å². The zero-order valence-electron chi connectivity index (χ0n) is 13.8. The molecule has 0 N–H and O–H groups in total. The second kappa shape index (κ2) is 10.4. The number of hydrogen-bond acceptors (Lipinski definition) is 5. The first-order valence-electron chi connectivity index (χ1n) is 7.27. The molecule has 1 rings (SSSR count). The van der Waals surface area contributed by atoms with Gasteiger partial charge in [0.05, 0.1) is 27.2 Å². The highest BCUT2D eigenvalue weighted by molar-refractivity contribution is 5.92. The Hall–Kier alpha value is -2.34. The predicted octanol–water partition coefficient (Wildman–Crippen LogP) is 1.75. The zero-order chi connectivity index (χ0) is 17.1. The van der Waals surface area contributed by atoms with E-state index in [1.165, 1.54) is 13.2 Å². The van der Waals surface area contributed by atoms with Crippen LogP contribution in [0, 0.1) is 0 Å². The van der Waals surface area contributed by atoms with Crippen LogP contribution < -0.4 is 4.74 Å². The molecule has 0 heterocycles. The Morgan fingerprint density at radius 1 is 1.17 bits per heavy atom. The number of nitrogens with zero attached hydrogens (tertiary/aromatic N) is 1. The van der Waals surface area contributed by atoms with Gasteiger partial charge in [0.2, 0.25) is 5.91 Å². The lowest BCUT2D eigenvalue weighted by Gasteiger charge is -2.20. The number of amides is 1. The quantitative estimate of drug-likeness (QED) is 0.512. The van der Waals surface area contributed by atoms with Gasteiger partial charge in [0.15, 0.2) is 0 Å². The number of ether oxygens (including phenoxy) is 3. The molecule has 0 saturated carbocycles. The number of hydrogen-bond donors (Lipinski definition) is 0. The summed E-state index contributed by atoms with van der Waals surface area (Å²) in [6, 6.07) is 7.39. The third-order valence-electron chi connectivity index (χ3n) is 3.20. The normalized spacial score (nSPS) is 10.6. The van der Waals surface area contributed by atoms with Gasteiger partial charge in [-0.3, -0.25) is 9.59 Å². The molecule has 23 heavy (non-hydrogen) atoms. The molecular formula is C17H23NO5. The minimum atomic E-state index is -0.350. The van der Waals surface area contributed by atoms with Crippen LogP contribution in [0.3, 0.4) is 0 Å². The Morgan fingerprint density at radius 3 is 2.61 bits per heavy atom. The molecule has 0 aliphatic rings. The molecule has 0 aromatic heterocycles. The summed E-state index contributed by atoms with van der Waals surface area (Å²) in [5.74, 6) is 0.187. The topological polar surface area (TPSA) is 65.1 Å². The molecular weight excluding hydrogens is 298 g/mol. The zero-order valence-corrected chi connectivity index (χ0v) is 13.8. The second-order valence-corrected chi connectivity index (χ2v) is 4.75. The van der Waals surface area contributed by atoms with E-state index in [2.05, 4.69) is 4.74 Å². The highest BCUT2D eigenvalue weighted by atomic mass is 16.5. The van der Waals surface area contributed by atoms with Crippen molar-refractivity contribution in [3.63, 3.8) is 0 Å². The van der Waals surface area contributed by atoms with Gasteiger partial charge >= 0.3 is 5.97 Å². The molecule has 1 amide bonds. The van der Waals surface area contributed by atoms with E-state index < -0.39 is 0 Å². The van der Waals surface area contributed by atoms with E-state index in [9.17, 15) is 9.59 Å². The molecule has 0 aliphatic carbocycles. The minimum Gasteiger partial charge on any atom is -0.497 e. The number of rotatable bonds is 9. The number of carbonyl (C=O) groups excluding carboxylic acids is 2. The highest BCUT2D eigenvalue weighted by Gasteiger charge is 2.12. The average molecular weight is 321 g/mol. The first-order valence-corrected chi connectivity index (χ1v) is 7.27. The molecule has 0 atom stereocenters. The smallest absolute Gasteiger partial charge is 0.307 e. The van der Waals surface area contributed by atoms with Crippen LogP contribution in [-0.4, -0.2) is 57.8 Å². The van der Waals surface area contributed by atoms with Gasteiger partial charge in [-0.25, -0.2) is 0 Å². The Balaban J connectivity index is 2.70. The molecule has 6 heteroatoms. The second-order valence-electron chi connectivity index (χ2n) is 4.75. The third kappa shape index (κ3) is 6.97. The van der Waals surface area contributed by atoms with Crippen molar-refractivity contribution in [2.45, 2.75) is 6.42 Å². The molecule has 0 aliphatic heterocycles. The van der Waals surface area contributed by atoms with Crippen LogP contribution in [0.4, 0.5) is 0 Å². The molecule has 0 fully saturated rings. The fraction of sp³-hybridized carbons (Fsp3) is 0.412. The standard InChI is InChI=1S/C17H23NO5/c1-21-12-11-18(10-9-17(20)23-3)16(19)8-7-14-5-4-6-15(13-14)22-2/h4-8,13H,9-12H2,1-3H3/b8-7+. The molecule has 0 bridgehead atoms. The van der Waals surface area contributed by atoms with E-state index in [1.54, 1.807) is 25.2 Å². The molecule has 0 spiro atoms. The van der Waals surface area contributed by atoms with Crippen molar-refractivity contribution >= 4 is 18.0 Å². The lowest BCUT2D eigenvalue weighted by molar-refractivity contribution is -0.141. The van der Waals surface area contributed by atoms with Gasteiger partial charge in [0, 0.05) is 26.3 Å². The predicted molar refractivity (Wildman–Crippen MR) is 87.1 cm³/mol.